The van der Waals surface area contributed by atoms with Crippen molar-refractivity contribution in [1.82, 2.24) is 10.3 Å². The maximum absolute atomic E-state index is 12.2. The van der Waals surface area contributed by atoms with Crippen LogP contribution in [0.25, 0.3) is 0 Å². The Bertz CT molecular complexity index is 969. The van der Waals surface area contributed by atoms with Gasteiger partial charge in [0.2, 0.25) is 12.7 Å². The van der Waals surface area contributed by atoms with Gasteiger partial charge in [-0.15, -0.1) is 11.3 Å². The maximum atomic E-state index is 12.2. The van der Waals surface area contributed by atoms with Gasteiger partial charge in [-0.25, -0.2) is 4.98 Å². The van der Waals surface area contributed by atoms with Gasteiger partial charge in [0.05, 0.1) is 12.1 Å². The number of hydrogen-bond donors (Lipinski definition) is 1. The summed E-state index contributed by atoms with van der Waals surface area (Å²) in [4.78, 5) is 16.7. The molecule has 2 heterocycles. The van der Waals surface area contributed by atoms with Crippen molar-refractivity contribution in [3.63, 3.8) is 0 Å². The third-order valence-electron chi connectivity index (χ3n) is 4.25. The Morgan fingerprint density at radius 2 is 2.00 bits per heavy atom. The normalized spacial score (nSPS) is 12.0. The number of ether oxygens (including phenoxy) is 3. The summed E-state index contributed by atoms with van der Waals surface area (Å²) < 4.78 is 16.4. The van der Waals surface area contributed by atoms with Gasteiger partial charge in [-0.05, 0) is 36.8 Å². The predicted octanol–water partition coefficient (Wildman–Crippen LogP) is 3.62. The van der Waals surface area contributed by atoms with E-state index in [0.29, 0.717) is 18.9 Å². The molecule has 0 atom stereocenters. The molecule has 7 heteroatoms. The second kappa shape index (κ2) is 8.31. The minimum absolute atomic E-state index is 0.0750. The average Bonchev–Trinajstić information content (AvgIpc) is 3.34. The van der Waals surface area contributed by atoms with Crippen LogP contribution < -0.4 is 19.5 Å². The number of carbonyl (C=O) groups excluding carboxylic acids is 1. The zero-order valence-electron chi connectivity index (χ0n) is 15.4. The first-order valence-electron chi connectivity index (χ1n) is 8.94. The average molecular weight is 396 g/mol. The van der Waals surface area contributed by atoms with Crippen molar-refractivity contribution in [1.29, 1.82) is 0 Å². The molecule has 144 valence electrons. The minimum atomic E-state index is -0.0750. The molecule has 4 rings (SSSR count). The quantitative estimate of drug-likeness (QED) is 0.661. The number of nitrogens with one attached hydrogen (secondary N) is 1. The zero-order chi connectivity index (χ0) is 19.3. The molecule has 6 nitrogen and oxygen atoms in total. The third-order valence-corrected chi connectivity index (χ3v) is 5.12. The van der Waals surface area contributed by atoms with Crippen molar-refractivity contribution in [3.8, 4) is 17.2 Å². The van der Waals surface area contributed by atoms with Crippen LogP contribution in [0.15, 0.2) is 47.8 Å². The number of amides is 1. The number of fused-ring (bicyclic) bond motifs is 1. The van der Waals surface area contributed by atoms with E-state index < -0.39 is 0 Å². The number of aryl methyl sites for hydroxylation is 1. The van der Waals surface area contributed by atoms with Crippen LogP contribution in [-0.4, -0.2) is 17.7 Å². The van der Waals surface area contributed by atoms with Gasteiger partial charge in [-0.3, -0.25) is 4.79 Å². The lowest BCUT2D eigenvalue weighted by atomic mass is 10.2. The van der Waals surface area contributed by atoms with Gasteiger partial charge < -0.3 is 19.5 Å². The van der Waals surface area contributed by atoms with Gasteiger partial charge in [-0.1, -0.05) is 23.8 Å². The van der Waals surface area contributed by atoms with E-state index in [9.17, 15) is 4.79 Å². The molecule has 0 spiro atoms. The summed E-state index contributed by atoms with van der Waals surface area (Å²) >= 11 is 1.50. The van der Waals surface area contributed by atoms with Gasteiger partial charge in [0.15, 0.2) is 11.5 Å². The third kappa shape index (κ3) is 4.61. The summed E-state index contributed by atoms with van der Waals surface area (Å²) in [5.74, 6) is 2.18. The second-order valence-electron chi connectivity index (χ2n) is 6.48. The fraction of sp³-hybridized carbons (Fsp3) is 0.238. The van der Waals surface area contributed by atoms with Crippen LogP contribution in [0.3, 0.4) is 0 Å². The summed E-state index contributed by atoms with van der Waals surface area (Å²) in [6.45, 7) is 3.11. The van der Waals surface area contributed by atoms with Crippen molar-refractivity contribution < 1.29 is 19.0 Å². The lowest BCUT2D eigenvalue weighted by molar-refractivity contribution is -0.120. The molecule has 1 aliphatic heterocycles. The number of hydrogen-bond acceptors (Lipinski definition) is 6. The van der Waals surface area contributed by atoms with Crippen LogP contribution in [0.4, 0.5) is 0 Å². The molecule has 0 radical (unpaired) electrons. The van der Waals surface area contributed by atoms with Crippen molar-refractivity contribution in [2.45, 2.75) is 26.5 Å². The molecule has 1 N–H and O–H groups in total. The fourth-order valence-electron chi connectivity index (χ4n) is 2.75. The molecular weight excluding hydrogens is 376 g/mol. The Morgan fingerprint density at radius 1 is 1.18 bits per heavy atom. The van der Waals surface area contributed by atoms with E-state index in [4.69, 9.17) is 14.2 Å². The second-order valence-corrected chi connectivity index (χ2v) is 7.42. The topological polar surface area (TPSA) is 69.7 Å². The van der Waals surface area contributed by atoms with Crippen LogP contribution in [0.2, 0.25) is 0 Å². The summed E-state index contributed by atoms with van der Waals surface area (Å²) in [7, 11) is 0. The highest BCUT2D eigenvalue weighted by Gasteiger charge is 2.14. The number of thiazole rings is 1. The molecule has 0 saturated heterocycles. The van der Waals surface area contributed by atoms with E-state index in [-0.39, 0.29) is 19.1 Å². The van der Waals surface area contributed by atoms with Crippen LogP contribution in [-0.2, 0) is 24.4 Å². The van der Waals surface area contributed by atoms with E-state index in [1.165, 1.54) is 16.9 Å². The molecule has 1 aliphatic rings. The molecular formula is C21H20N2O4S. The van der Waals surface area contributed by atoms with Crippen molar-refractivity contribution in [2.24, 2.45) is 0 Å². The molecule has 0 fully saturated rings. The lowest BCUT2D eigenvalue weighted by Crippen LogP contribution is -2.24. The van der Waals surface area contributed by atoms with Gasteiger partial charge in [0.1, 0.15) is 17.4 Å². The molecule has 0 unspecified atom stereocenters. The van der Waals surface area contributed by atoms with E-state index in [1.54, 1.807) is 0 Å². The van der Waals surface area contributed by atoms with Crippen molar-refractivity contribution in [3.05, 3.63) is 69.7 Å². The molecule has 1 aromatic heterocycles. The molecule has 2 aromatic carbocycles. The summed E-state index contributed by atoms with van der Waals surface area (Å²) in [5.41, 5.74) is 2.90. The molecule has 28 heavy (non-hydrogen) atoms. The Labute approximate surface area is 167 Å². The van der Waals surface area contributed by atoms with Crippen LogP contribution >= 0.6 is 11.3 Å². The molecule has 3 aromatic rings. The number of nitrogens with zero attached hydrogens (tertiary/aromatic N) is 1. The van der Waals surface area contributed by atoms with Gasteiger partial charge in [0.25, 0.3) is 0 Å². The largest absolute Gasteiger partial charge is 0.486 e. The summed E-state index contributed by atoms with van der Waals surface area (Å²) in [6.07, 6.45) is 0.242. The standard InChI is InChI=1S/C21H20N2O4S/c1-14-2-5-17(6-3-14)25-11-21-23-16(12-28-21)9-20(24)22-10-15-4-7-18-19(8-15)27-13-26-18/h2-8,12H,9-11,13H2,1H3,(H,22,24). The molecule has 0 saturated carbocycles. The highest BCUT2D eigenvalue weighted by atomic mass is 32.1. The van der Waals surface area contributed by atoms with E-state index in [0.717, 1.165) is 27.8 Å². The number of carbonyl (C=O) groups is 1. The van der Waals surface area contributed by atoms with E-state index in [2.05, 4.69) is 10.3 Å². The van der Waals surface area contributed by atoms with Crippen molar-refractivity contribution >= 4 is 17.2 Å². The molecule has 0 aliphatic carbocycles. The maximum Gasteiger partial charge on any atom is 0.231 e. The fourth-order valence-corrected chi connectivity index (χ4v) is 3.46. The Hall–Kier alpha value is -3.06. The monoisotopic (exact) mass is 396 g/mol. The van der Waals surface area contributed by atoms with Crippen LogP contribution in [0.1, 0.15) is 21.8 Å². The van der Waals surface area contributed by atoms with Crippen LogP contribution in [0, 0.1) is 6.92 Å². The van der Waals surface area contributed by atoms with Crippen molar-refractivity contribution in [2.75, 3.05) is 6.79 Å². The minimum Gasteiger partial charge on any atom is -0.486 e. The first-order valence-corrected chi connectivity index (χ1v) is 9.82. The summed E-state index contributed by atoms with van der Waals surface area (Å²) in [6, 6.07) is 13.5. The van der Waals surface area contributed by atoms with Crippen LogP contribution in [0.5, 0.6) is 17.2 Å². The highest BCUT2D eigenvalue weighted by molar-refractivity contribution is 7.09. The molecule has 0 bridgehead atoms. The Morgan fingerprint density at radius 3 is 2.86 bits per heavy atom. The Kier molecular flexibility index (Phi) is 5.43. The van der Waals surface area contributed by atoms with E-state index >= 15 is 0 Å². The zero-order valence-corrected chi connectivity index (χ0v) is 16.3. The molecule has 1 amide bonds. The first kappa shape index (κ1) is 18.3. The number of benzene rings is 2. The predicted molar refractivity (Wildman–Crippen MR) is 106 cm³/mol. The Balaban J connectivity index is 1.25. The van der Waals surface area contributed by atoms with E-state index in [1.807, 2.05) is 54.8 Å². The summed E-state index contributed by atoms with van der Waals surface area (Å²) in [5, 5.41) is 5.65. The lowest BCUT2D eigenvalue weighted by Gasteiger charge is -2.05. The number of aromatic nitrogens is 1. The highest BCUT2D eigenvalue weighted by Crippen LogP contribution is 2.32. The van der Waals surface area contributed by atoms with Gasteiger partial charge in [0, 0.05) is 11.9 Å². The van der Waals surface area contributed by atoms with Gasteiger partial charge >= 0.3 is 0 Å². The van der Waals surface area contributed by atoms with Gasteiger partial charge in [-0.2, -0.15) is 0 Å². The first-order chi connectivity index (χ1) is 13.7. The smallest absolute Gasteiger partial charge is 0.231 e. The SMILES string of the molecule is Cc1ccc(OCc2nc(CC(=O)NCc3ccc4c(c3)OCO4)cs2)cc1. The number of rotatable bonds is 7.